The Morgan fingerprint density at radius 3 is 2.94 bits per heavy atom. The predicted octanol–water partition coefficient (Wildman–Crippen LogP) is 1.24. The summed E-state index contributed by atoms with van der Waals surface area (Å²) >= 11 is 0. The van der Waals surface area contributed by atoms with Crippen LogP contribution < -0.4 is 5.32 Å². The highest BCUT2D eigenvalue weighted by atomic mass is 15.2. The van der Waals surface area contributed by atoms with Crippen molar-refractivity contribution in [2.45, 2.75) is 25.8 Å². The van der Waals surface area contributed by atoms with Crippen molar-refractivity contribution in [1.29, 1.82) is 5.26 Å². The van der Waals surface area contributed by atoms with Crippen molar-refractivity contribution in [3.05, 3.63) is 17.8 Å². The van der Waals surface area contributed by atoms with Crippen LogP contribution in [0, 0.1) is 11.3 Å². The average Bonchev–Trinajstić information content (AvgIpc) is 2.40. The first-order chi connectivity index (χ1) is 8.33. The van der Waals surface area contributed by atoms with Crippen molar-refractivity contribution in [2.75, 3.05) is 25.0 Å². The molecule has 1 aromatic rings. The van der Waals surface area contributed by atoms with Gasteiger partial charge in [0, 0.05) is 19.1 Å². The molecule has 2 heterocycles. The Balaban J connectivity index is 1.96. The second kappa shape index (κ2) is 5.60. The maximum Gasteiger partial charge on any atom is 0.166 e. The van der Waals surface area contributed by atoms with Crippen LogP contribution in [0.4, 0.5) is 5.82 Å². The molecule has 1 aliphatic heterocycles. The van der Waals surface area contributed by atoms with Crippen LogP contribution in [0.25, 0.3) is 0 Å². The van der Waals surface area contributed by atoms with Crippen LogP contribution >= 0.6 is 0 Å². The molecule has 1 fully saturated rings. The van der Waals surface area contributed by atoms with Gasteiger partial charge in [-0.05, 0) is 25.5 Å². The van der Waals surface area contributed by atoms with E-state index in [-0.39, 0.29) is 0 Å². The van der Waals surface area contributed by atoms with Crippen molar-refractivity contribution in [2.24, 2.45) is 0 Å². The lowest BCUT2D eigenvalue weighted by molar-refractivity contribution is 0.229. The molecule has 0 atom stereocenters. The molecule has 0 unspecified atom stereocenters. The molecule has 1 N–H and O–H groups in total. The molecule has 1 aromatic heterocycles. The van der Waals surface area contributed by atoms with E-state index < -0.39 is 0 Å². The van der Waals surface area contributed by atoms with Gasteiger partial charge in [0.1, 0.15) is 6.07 Å². The summed E-state index contributed by atoms with van der Waals surface area (Å²) in [7, 11) is 0. The predicted molar refractivity (Wildman–Crippen MR) is 65.5 cm³/mol. The van der Waals surface area contributed by atoms with E-state index in [1.54, 1.807) is 12.3 Å². The van der Waals surface area contributed by atoms with Crippen LogP contribution in [0.5, 0.6) is 0 Å². The quantitative estimate of drug-likeness (QED) is 0.848. The lowest BCUT2D eigenvalue weighted by Crippen LogP contribution is -2.39. The second-order valence-electron chi connectivity index (χ2n) is 4.26. The number of nitrogens with zero attached hydrogens (tertiary/aromatic N) is 4. The Labute approximate surface area is 101 Å². The fourth-order valence-electron chi connectivity index (χ4n) is 2.12. The topological polar surface area (TPSA) is 64.8 Å². The fourth-order valence-corrected chi connectivity index (χ4v) is 2.12. The number of rotatable bonds is 3. The summed E-state index contributed by atoms with van der Waals surface area (Å²) in [6.45, 7) is 5.51. The number of hydrogen-bond donors (Lipinski definition) is 1. The number of nitrogens with one attached hydrogen (secondary N) is 1. The van der Waals surface area contributed by atoms with Crippen molar-refractivity contribution in [3.8, 4) is 6.07 Å². The normalized spacial score (nSPS) is 17.6. The highest BCUT2D eigenvalue weighted by Crippen LogP contribution is 2.16. The smallest absolute Gasteiger partial charge is 0.166 e. The third-order valence-electron chi connectivity index (χ3n) is 3.22. The second-order valence-corrected chi connectivity index (χ2v) is 4.26. The number of anilines is 1. The van der Waals surface area contributed by atoms with Crippen molar-refractivity contribution < 1.29 is 0 Å². The molecule has 0 aliphatic carbocycles. The van der Waals surface area contributed by atoms with Gasteiger partial charge in [0.25, 0.3) is 0 Å². The van der Waals surface area contributed by atoms with Gasteiger partial charge < -0.3 is 10.2 Å². The zero-order chi connectivity index (χ0) is 12.1. The van der Waals surface area contributed by atoms with E-state index >= 15 is 0 Å². The summed E-state index contributed by atoms with van der Waals surface area (Å²) in [5, 5.41) is 20.1. The summed E-state index contributed by atoms with van der Waals surface area (Å²) in [6.07, 6.45) is 3.73. The van der Waals surface area contributed by atoms with Gasteiger partial charge in [-0.1, -0.05) is 6.92 Å². The molecule has 0 spiro atoms. The molecule has 0 radical (unpaired) electrons. The van der Waals surface area contributed by atoms with E-state index in [4.69, 9.17) is 5.26 Å². The highest BCUT2D eigenvalue weighted by Gasteiger charge is 2.19. The molecule has 0 aromatic carbocycles. The lowest BCUT2D eigenvalue weighted by atomic mass is 10.0. The Bertz CT molecular complexity index is 404. The summed E-state index contributed by atoms with van der Waals surface area (Å²) in [6, 6.07) is 4.22. The monoisotopic (exact) mass is 231 g/mol. The summed E-state index contributed by atoms with van der Waals surface area (Å²) in [5.74, 6) is 0.616. The molecule has 90 valence electrons. The van der Waals surface area contributed by atoms with Gasteiger partial charge in [-0.3, -0.25) is 0 Å². The van der Waals surface area contributed by atoms with E-state index in [0.29, 0.717) is 17.4 Å². The Kier molecular flexibility index (Phi) is 3.89. The minimum atomic E-state index is 0.404. The first-order valence-electron chi connectivity index (χ1n) is 6.04. The zero-order valence-corrected chi connectivity index (χ0v) is 10.1. The molecule has 17 heavy (non-hydrogen) atoms. The first-order valence-corrected chi connectivity index (χ1v) is 6.04. The minimum absolute atomic E-state index is 0.404. The Hall–Kier alpha value is -1.67. The van der Waals surface area contributed by atoms with Gasteiger partial charge >= 0.3 is 0 Å². The van der Waals surface area contributed by atoms with Gasteiger partial charge in [0.15, 0.2) is 5.82 Å². The summed E-state index contributed by atoms with van der Waals surface area (Å²) < 4.78 is 0. The van der Waals surface area contributed by atoms with Crippen LogP contribution in [0.15, 0.2) is 12.3 Å². The van der Waals surface area contributed by atoms with Gasteiger partial charge in [-0.25, -0.2) is 0 Å². The van der Waals surface area contributed by atoms with Crippen LogP contribution in [-0.2, 0) is 0 Å². The van der Waals surface area contributed by atoms with Crippen LogP contribution in [0.3, 0.4) is 0 Å². The molecule has 0 saturated carbocycles. The Morgan fingerprint density at radius 1 is 1.53 bits per heavy atom. The van der Waals surface area contributed by atoms with Crippen molar-refractivity contribution in [1.82, 2.24) is 15.1 Å². The number of likely N-dealkylation sites (tertiary alicyclic amines) is 1. The average molecular weight is 231 g/mol. The summed E-state index contributed by atoms with van der Waals surface area (Å²) in [4.78, 5) is 2.43. The lowest BCUT2D eigenvalue weighted by Gasteiger charge is -2.31. The molecular weight excluding hydrogens is 214 g/mol. The van der Waals surface area contributed by atoms with E-state index in [1.165, 1.54) is 0 Å². The van der Waals surface area contributed by atoms with E-state index in [2.05, 4.69) is 33.4 Å². The van der Waals surface area contributed by atoms with Crippen LogP contribution in [-0.4, -0.2) is 40.8 Å². The molecule has 5 nitrogen and oxygen atoms in total. The molecule has 0 bridgehead atoms. The Morgan fingerprint density at radius 2 is 2.29 bits per heavy atom. The van der Waals surface area contributed by atoms with Crippen LogP contribution in [0.1, 0.15) is 25.3 Å². The first kappa shape index (κ1) is 11.8. The molecule has 2 rings (SSSR count). The maximum atomic E-state index is 8.96. The van der Waals surface area contributed by atoms with Gasteiger partial charge in [-0.15, -0.1) is 5.10 Å². The molecule has 1 aliphatic rings. The highest BCUT2D eigenvalue weighted by molar-refractivity contribution is 5.50. The van der Waals surface area contributed by atoms with Crippen molar-refractivity contribution >= 4 is 5.82 Å². The van der Waals surface area contributed by atoms with Gasteiger partial charge in [0.2, 0.25) is 0 Å². The fraction of sp³-hybridized carbons (Fsp3) is 0.583. The SMILES string of the molecule is CCN1CCC(Nc2nnccc2C#N)CC1. The molecular formula is C12H17N5. The van der Waals surface area contributed by atoms with Gasteiger partial charge in [-0.2, -0.15) is 10.4 Å². The number of aromatic nitrogens is 2. The molecule has 1 saturated heterocycles. The number of nitriles is 1. The van der Waals surface area contributed by atoms with Crippen molar-refractivity contribution in [3.63, 3.8) is 0 Å². The van der Waals surface area contributed by atoms with E-state index in [1.807, 2.05) is 0 Å². The number of piperidine rings is 1. The minimum Gasteiger partial charge on any atom is -0.365 e. The standard InChI is InChI=1S/C12H17N5/c1-2-17-7-4-11(5-8-17)15-12-10(9-13)3-6-14-16-12/h3,6,11H,2,4-5,7-8H2,1H3,(H,15,16). The number of hydrogen-bond acceptors (Lipinski definition) is 5. The zero-order valence-electron chi connectivity index (χ0n) is 10.1. The third-order valence-corrected chi connectivity index (χ3v) is 3.22. The molecule has 5 heteroatoms. The summed E-state index contributed by atoms with van der Waals surface area (Å²) in [5.41, 5.74) is 0.568. The van der Waals surface area contributed by atoms with E-state index in [9.17, 15) is 0 Å². The third kappa shape index (κ3) is 2.92. The van der Waals surface area contributed by atoms with Crippen LogP contribution in [0.2, 0.25) is 0 Å². The van der Waals surface area contributed by atoms with Gasteiger partial charge in [0.05, 0.1) is 11.8 Å². The van der Waals surface area contributed by atoms with E-state index in [0.717, 1.165) is 32.5 Å². The maximum absolute atomic E-state index is 8.96. The molecule has 0 amide bonds. The largest absolute Gasteiger partial charge is 0.365 e.